The molecule has 0 saturated heterocycles. The zero-order valence-corrected chi connectivity index (χ0v) is 20.1. The zero-order valence-electron chi connectivity index (χ0n) is 17.4. The SMILES string of the molecule is [Ni+2].[c-]1c(-c2ccccn2)cccc1-c1ccc2[se]c3cccc([N-]c4ccccc4)c3c2n1. The molecule has 33 heavy (non-hydrogen) atoms. The van der Waals surface area contributed by atoms with E-state index in [0.717, 1.165) is 44.8 Å². The Bertz CT molecular complexity index is 1550. The van der Waals surface area contributed by atoms with Gasteiger partial charge in [-0.1, -0.05) is 0 Å². The number of pyridine rings is 2. The second-order valence-electron chi connectivity index (χ2n) is 7.44. The van der Waals surface area contributed by atoms with Gasteiger partial charge in [-0.25, -0.2) is 0 Å². The molecule has 0 N–H and O–H groups in total. The molecule has 3 aromatic heterocycles. The van der Waals surface area contributed by atoms with E-state index in [4.69, 9.17) is 10.3 Å². The summed E-state index contributed by atoms with van der Waals surface area (Å²) in [6.45, 7) is 0. The van der Waals surface area contributed by atoms with Crippen molar-refractivity contribution in [2.45, 2.75) is 0 Å². The van der Waals surface area contributed by atoms with Gasteiger partial charge in [0.05, 0.1) is 0 Å². The Morgan fingerprint density at radius 1 is 0.667 bits per heavy atom. The second-order valence-corrected chi connectivity index (χ2v) is 9.71. The Morgan fingerprint density at radius 2 is 1.45 bits per heavy atom. The molecular formula is C28H17N3NiSe. The van der Waals surface area contributed by atoms with Crippen LogP contribution >= 0.6 is 0 Å². The Kier molecular flexibility index (Phi) is 6.11. The number of fused-ring (bicyclic) bond motifs is 3. The van der Waals surface area contributed by atoms with E-state index in [-0.39, 0.29) is 31.0 Å². The molecule has 0 bridgehead atoms. The van der Waals surface area contributed by atoms with Crippen molar-refractivity contribution in [1.29, 1.82) is 0 Å². The van der Waals surface area contributed by atoms with Crippen LogP contribution in [0.3, 0.4) is 0 Å². The summed E-state index contributed by atoms with van der Waals surface area (Å²) in [5.41, 5.74) is 6.74. The fraction of sp³-hybridized carbons (Fsp3) is 0. The molecule has 3 aromatic carbocycles. The third-order valence-corrected chi connectivity index (χ3v) is 7.66. The molecule has 0 spiro atoms. The molecule has 160 valence electrons. The van der Waals surface area contributed by atoms with E-state index in [2.05, 4.69) is 47.4 Å². The normalized spacial score (nSPS) is 10.8. The van der Waals surface area contributed by atoms with Gasteiger partial charge in [-0.15, -0.1) is 0 Å². The molecule has 0 aliphatic rings. The second kappa shape index (κ2) is 9.33. The minimum atomic E-state index is 0. The first-order valence-electron chi connectivity index (χ1n) is 10.4. The number of hydrogen-bond donors (Lipinski definition) is 0. The third-order valence-electron chi connectivity index (χ3n) is 5.34. The number of aromatic nitrogens is 2. The van der Waals surface area contributed by atoms with Gasteiger partial charge in [0.1, 0.15) is 0 Å². The van der Waals surface area contributed by atoms with Crippen molar-refractivity contribution >= 4 is 45.3 Å². The first-order chi connectivity index (χ1) is 15.8. The van der Waals surface area contributed by atoms with Crippen LogP contribution in [0.4, 0.5) is 11.4 Å². The van der Waals surface area contributed by atoms with Crippen molar-refractivity contribution < 1.29 is 16.5 Å². The van der Waals surface area contributed by atoms with Gasteiger partial charge in [0, 0.05) is 0 Å². The van der Waals surface area contributed by atoms with Crippen LogP contribution in [0.5, 0.6) is 0 Å². The van der Waals surface area contributed by atoms with Crippen LogP contribution in [0.25, 0.3) is 47.3 Å². The fourth-order valence-corrected chi connectivity index (χ4v) is 6.08. The fourth-order valence-electron chi connectivity index (χ4n) is 3.84. The number of benzene rings is 3. The molecule has 6 rings (SSSR count). The third kappa shape index (κ3) is 4.24. The van der Waals surface area contributed by atoms with Crippen molar-refractivity contribution in [3.63, 3.8) is 0 Å². The summed E-state index contributed by atoms with van der Waals surface area (Å²) in [6.07, 6.45) is 1.81. The Balaban J connectivity index is 0.00000228. The van der Waals surface area contributed by atoms with E-state index in [0.29, 0.717) is 0 Å². The zero-order chi connectivity index (χ0) is 21.3. The molecule has 0 aliphatic heterocycles. The van der Waals surface area contributed by atoms with Crippen LogP contribution in [0.2, 0.25) is 0 Å². The molecule has 0 amide bonds. The monoisotopic (exact) mass is 533 g/mol. The van der Waals surface area contributed by atoms with Crippen molar-refractivity contribution in [2.24, 2.45) is 0 Å². The van der Waals surface area contributed by atoms with Crippen LogP contribution < -0.4 is 0 Å². The van der Waals surface area contributed by atoms with Gasteiger partial charge in [0.15, 0.2) is 0 Å². The van der Waals surface area contributed by atoms with Crippen LogP contribution in [-0.2, 0) is 16.5 Å². The summed E-state index contributed by atoms with van der Waals surface area (Å²) >= 11 is 0.234. The number of rotatable bonds is 4. The number of hydrogen-bond acceptors (Lipinski definition) is 2. The standard InChI is InChI=1S/C28H17N3Se.Ni/c1-2-10-21(11-3-1)30-24-13-7-14-25-27(24)28-26(32-25)16-15-23(31-28)20-9-6-8-19(18-20)22-12-4-5-17-29-22;/h1-17H;/q-2;+2. The quantitative estimate of drug-likeness (QED) is 0.176. The van der Waals surface area contributed by atoms with Gasteiger partial charge in [-0.05, 0) is 0 Å². The minimum absolute atomic E-state index is 0. The summed E-state index contributed by atoms with van der Waals surface area (Å²) in [4.78, 5) is 9.57. The molecule has 0 fully saturated rings. The van der Waals surface area contributed by atoms with Crippen molar-refractivity contribution in [3.05, 3.63) is 115 Å². The van der Waals surface area contributed by atoms with Gasteiger partial charge >= 0.3 is 209 Å². The van der Waals surface area contributed by atoms with Crippen molar-refractivity contribution in [3.8, 4) is 22.5 Å². The van der Waals surface area contributed by atoms with Crippen molar-refractivity contribution in [2.75, 3.05) is 0 Å². The topological polar surface area (TPSA) is 39.9 Å². The van der Waals surface area contributed by atoms with E-state index in [9.17, 15) is 0 Å². The first-order valence-corrected chi connectivity index (χ1v) is 12.1. The summed E-state index contributed by atoms with van der Waals surface area (Å²) in [6, 6.07) is 36.4. The summed E-state index contributed by atoms with van der Waals surface area (Å²) in [5, 5.41) is 6.08. The van der Waals surface area contributed by atoms with Crippen LogP contribution in [0.1, 0.15) is 0 Å². The number of para-hydroxylation sites is 1. The average molecular weight is 533 g/mol. The maximum atomic E-state index is 5.11. The van der Waals surface area contributed by atoms with Gasteiger partial charge in [0.25, 0.3) is 0 Å². The van der Waals surface area contributed by atoms with Crippen LogP contribution in [-0.4, -0.2) is 24.5 Å². The molecule has 0 atom stereocenters. The molecule has 5 heteroatoms. The molecule has 0 unspecified atom stereocenters. The van der Waals surface area contributed by atoms with E-state index < -0.39 is 0 Å². The molecule has 3 heterocycles. The van der Waals surface area contributed by atoms with Gasteiger partial charge < -0.3 is 0 Å². The summed E-state index contributed by atoms with van der Waals surface area (Å²) < 4.78 is 2.63. The molecular weight excluding hydrogens is 516 g/mol. The molecule has 0 saturated carbocycles. The predicted molar refractivity (Wildman–Crippen MR) is 133 cm³/mol. The van der Waals surface area contributed by atoms with Crippen LogP contribution in [0, 0.1) is 6.07 Å². The average Bonchev–Trinajstić information content (AvgIpc) is 3.24. The van der Waals surface area contributed by atoms with E-state index in [1.165, 1.54) is 8.52 Å². The Morgan fingerprint density at radius 3 is 2.27 bits per heavy atom. The molecule has 0 aliphatic carbocycles. The van der Waals surface area contributed by atoms with Gasteiger partial charge in [-0.2, -0.15) is 0 Å². The Hall–Kier alpha value is -3.23. The van der Waals surface area contributed by atoms with Crippen molar-refractivity contribution in [1.82, 2.24) is 9.97 Å². The maximum absolute atomic E-state index is 5.11. The van der Waals surface area contributed by atoms with E-state index >= 15 is 0 Å². The molecule has 3 nitrogen and oxygen atoms in total. The predicted octanol–water partition coefficient (Wildman–Crippen LogP) is 7.31. The summed E-state index contributed by atoms with van der Waals surface area (Å²) in [5.74, 6) is 0. The first kappa shape index (κ1) is 21.6. The van der Waals surface area contributed by atoms with E-state index in [1.807, 2.05) is 60.7 Å². The van der Waals surface area contributed by atoms with Gasteiger partial charge in [0.2, 0.25) is 0 Å². The number of nitrogens with zero attached hydrogens (tertiary/aromatic N) is 3. The molecule has 6 aromatic rings. The molecule has 0 radical (unpaired) electrons. The van der Waals surface area contributed by atoms with Crippen LogP contribution in [0.15, 0.2) is 103 Å². The summed E-state index contributed by atoms with van der Waals surface area (Å²) in [7, 11) is 0. The van der Waals surface area contributed by atoms with E-state index in [1.54, 1.807) is 6.20 Å². The van der Waals surface area contributed by atoms with Gasteiger partial charge in [-0.3, -0.25) is 0 Å². The Labute approximate surface area is 208 Å².